The van der Waals surface area contributed by atoms with Gasteiger partial charge in [0.05, 0.1) is 25.7 Å². The third-order valence-electron chi connectivity index (χ3n) is 4.44. The summed E-state index contributed by atoms with van der Waals surface area (Å²) in [6, 6.07) is 7.06. The van der Waals surface area contributed by atoms with Crippen LogP contribution in [0.4, 0.5) is 0 Å². The maximum atomic E-state index is 12.7. The number of rotatable bonds is 4. The number of morpholine rings is 1. The van der Waals surface area contributed by atoms with E-state index in [1.165, 1.54) is 0 Å². The van der Waals surface area contributed by atoms with Crippen molar-refractivity contribution in [3.8, 4) is 0 Å². The topological polar surface area (TPSA) is 61.9 Å². The Hall–Kier alpha value is -1.34. The van der Waals surface area contributed by atoms with Crippen molar-refractivity contribution in [2.75, 3.05) is 39.4 Å². The molecule has 1 atom stereocenters. The highest BCUT2D eigenvalue weighted by atomic mass is 35.5. The zero-order valence-corrected chi connectivity index (χ0v) is 15.5. The van der Waals surface area contributed by atoms with Crippen molar-refractivity contribution >= 4 is 35.8 Å². The molecule has 2 aliphatic rings. The Bertz CT molecular complexity index is 609. The molecule has 1 aromatic carbocycles. The predicted octanol–water partition coefficient (Wildman–Crippen LogP) is 1.31. The molecule has 0 saturated carbocycles. The first-order valence-electron chi connectivity index (χ1n) is 8.26. The molecule has 2 heterocycles. The van der Waals surface area contributed by atoms with Crippen molar-refractivity contribution in [2.45, 2.75) is 19.0 Å². The normalized spacial score (nSPS) is 21.0. The fourth-order valence-corrected chi connectivity index (χ4v) is 3.25. The van der Waals surface area contributed by atoms with Gasteiger partial charge in [-0.05, 0) is 11.6 Å². The molecular formula is C17H23Cl2N3O3. The summed E-state index contributed by atoms with van der Waals surface area (Å²) in [6.07, 6.45) is 0.192. The average Bonchev–Trinajstić information content (AvgIpc) is 2.61. The average molecular weight is 388 g/mol. The number of ether oxygens (including phenoxy) is 1. The van der Waals surface area contributed by atoms with Gasteiger partial charge in [0.2, 0.25) is 11.8 Å². The minimum atomic E-state index is -0.461. The van der Waals surface area contributed by atoms with Crippen LogP contribution in [-0.4, -0.2) is 67.0 Å². The molecule has 138 valence electrons. The van der Waals surface area contributed by atoms with E-state index in [-0.39, 0.29) is 30.6 Å². The number of benzene rings is 1. The molecule has 2 aliphatic heterocycles. The first-order chi connectivity index (χ1) is 11.6. The first kappa shape index (κ1) is 20.0. The Labute approximate surface area is 158 Å². The first-order valence-corrected chi connectivity index (χ1v) is 8.64. The van der Waals surface area contributed by atoms with E-state index in [2.05, 4.69) is 5.32 Å². The van der Waals surface area contributed by atoms with Gasteiger partial charge in [-0.2, -0.15) is 0 Å². The zero-order valence-electron chi connectivity index (χ0n) is 13.9. The van der Waals surface area contributed by atoms with E-state index in [1.54, 1.807) is 9.80 Å². The molecular weight excluding hydrogens is 365 g/mol. The summed E-state index contributed by atoms with van der Waals surface area (Å²) >= 11 is 6.19. The highest BCUT2D eigenvalue weighted by molar-refractivity contribution is 6.31. The van der Waals surface area contributed by atoms with Crippen LogP contribution < -0.4 is 5.32 Å². The van der Waals surface area contributed by atoms with Gasteiger partial charge in [0.25, 0.3) is 0 Å². The number of nitrogens with one attached hydrogen (secondary N) is 1. The molecule has 0 aromatic heterocycles. The van der Waals surface area contributed by atoms with Crippen molar-refractivity contribution in [1.82, 2.24) is 15.1 Å². The van der Waals surface area contributed by atoms with Gasteiger partial charge < -0.3 is 19.9 Å². The monoisotopic (exact) mass is 387 g/mol. The van der Waals surface area contributed by atoms with Crippen LogP contribution in [0.15, 0.2) is 24.3 Å². The molecule has 6 nitrogen and oxygen atoms in total. The second kappa shape index (κ2) is 9.38. The molecule has 8 heteroatoms. The summed E-state index contributed by atoms with van der Waals surface area (Å²) in [5.74, 6) is -0.0356. The molecule has 1 aromatic rings. The van der Waals surface area contributed by atoms with E-state index >= 15 is 0 Å². The second-order valence-corrected chi connectivity index (χ2v) is 6.46. The van der Waals surface area contributed by atoms with Gasteiger partial charge in [0.1, 0.15) is 0 Å². The summed E-state index contributed by atoms with van der Waals surface area (Å²) in [5, 5.41) is 3.82. The summed E-state index contributed by atoms with van der Waals surface area (Å²) in [6.45, 7) is 4.10. The van der Waals surface area contributed by atoms with Gasteiger partial charge in [-0.25, -0.2) is 0 Å². The van der Waals surface area contributed by atoms with Gasteiger partial charge in [-0.3, -0.25) is 9.59 Å². The lowest BCUT2D eigenvalue weighted by atomic mass is 10.1. The Balaban J connectivity index is 0.00000225. The van der Waals surface area contributed by atoms with Crippen molar-refractivity contribution in [3.63, 3.8) is 0 Å². The zero-order chi connectivity index (χ0) is 16.9. The molecule has 0 radical (unpaired) electrons. The summed E-state index contributed by atoms with van der Waals surface area (Å²) < 4.78 is 5.26. The van der Waals surface area contributed by atoms with Crippen LogP contribution in [0.2, 0.25) is 5.02 Å². The summed E-state index contributed by atoms with van der Waals surface area (Å²) in [7, 11) is 0. The molecule has 2 saturated heterocycles. The van der Waals surface area contributed by atoms with E-state index in [0.29, 0.717) is 51.0 Å². The quantitative estimate of drug-likeness (QED) is 0.845. The third kappa shape index (κ3) is 5.07. The Morgan fingerprint density at radius 2 is 1.96 bits per heavy atom. The van der Waals surface area contributed by atoms with Gasteiger partial charge >= 0.3 is 0 Å². The van der Waals surface area contributed by atoms with Gasteiger partial charge in [-0.15, -0.1) is 12.4 Å². The van der Waals surface area contributed by atoms with Gasteiger partial charge in [-0.1, -0.05) is 29.8 Å². The maximum absolute atomic E-state index is 12.7. The molecule has 0 spiro atoms. The maximum Gasteiger partial charge on any atom is 0.240 e. The standard InChI is InChI=1S/C17H22ClN3O3.ClH/c18-14-4-2-1-3-13(14)12-21-6-5-19-15(17(21)23)11-16(22)20-7-9-24-10-8-20;/h1-4,15,19H,5-12H2;1H. The smallest absolute Gasteiger partial charge is 0.240 e. The van der Waals surface area contributed by atoms with Crippen LogP contribution in [0.3, 0.4) is 0 Å². The number of amides is 2. The lowest BCUT2D eigenvalue weighted by Gasteiger charge is -2.34. The third-order valence-corrected chi connectivity index (χ3v) is 4.81. The number of nitrogens with zero attached hydrogens (tertiary/aromatic N) is 2. The van der Waals surface area contributed by atoms with Crippen molar-refractivity contribution in [1.29, 1.82) is 0 Å². The van der Waals surface area contributed by atoms with Crippen molar-refractivity contribution in [2.24, 2.45) is 0 Å². The number of halogens is 2. The SMILES string of the molecule is Cl.O=C(CC1NCCN(Cc2ccccc2Cl)C1=O)N1CCOCC1. The van der Waals surface area contributed by atoms with Crippen LogP contribution in [0.1, 0.15) is 12.0 Å². The fourth-order valence-electron chi connectivity index (χ4n) is 3.06. The Kier molecular flexibility index (Phi) is 7.50. The van der Waals surface area contributed by atoms with E-state index < -0.39 is 6.04 Å². The fraction of sp³-hybridized carbons (Fsp3) is 0.529. The number of piperazine rings is 1. The molecule has 1 unspecified atom stereocenters. The largest absolute Gasteiger partial charge is 0.378 e. The molecule has 0 bridgehead atoms. The number of hydrogen-bond acceptors (Lipinski definition) is 4. The molecule has 3 rings (SSSR count). The van der Waals surface area contributed by atoms with Gasteiger partial charge in [0, 0.05) is 37.7 Å². The highest BCUT2D eigenvalue weighted by Gasteiger charge is 2.32. The van der Waals surface area contributed by atoms with Crippen LogP contribution >= 0.6 is 24.0 Å². The second-order valence-electron chi connectivity index (χ2n) is 6.06. The van der Waals surface area contributed by atoms with Crippen LogP contribution in [0, 0.1) is 0 Å². The van der Waals surface area contributed by atoms with E-state index in [4.69, 9.17) is 16.3 Å². The van der Waals surface area contributed by atoms with Gasteiger partial charge in [0.15, 0.2) is 0 Å². The number of carbonyl (C=O) groups excluding carboxylic acids is 2. The lowest BCUT2D eigenvalue weighted by Crippen LogP contribution is -2.56. The van der Waals surface area contributed by atoms with Crippen LogP contribution in [-0.2, 0) is 20.9 Å². The summed E-state index contributed by atoms with van der Waals surface area (Å²) in [4.78, 5) is 28.6. The molecule has 2 amide bonds. The number of carbonyl (C=O) groups is 2. The minimum Gasteiger partial charge on any atom is -0.378 e. The van der Waals surface area contributed by atoms with Crippen LogP contribution in [0.5, 0.6) is 0 Å². The Morgan fingerprint density at radius 3 is 2.68 bits per heavy atom. The molecule has 2 fully saturated rings. The summed E-state index contributed by atoms with van der Waals surface area (Å²) in [5.41, 5.74) is 0.924. The highest BCUT2D eigenvalue weighted by Crippen LogP contribution is 2.19. The van der Waals surface area contributed by atoms with E-state index in [9.17, 15) is 9.59 Å². The number of hydrogen-bond donors (Lipinski definition) is 1. The lowest BCUT2D eigenvalue weighted by molar-refractivity contribution is -0.143. The predicted molar refractivity (Wildman–Crippen MR) is 97.9 cm³/mol. The van der Waals surface area contributed by atoms with Crippen molar-refractivity contribution in [3.05, 3.63) is 34.9 Å². The molecule has 25 heavy (non-hydrogen) atoms. The Morgan fingerprint density at radius 1 is 1.24 bits per heavy atom. The molecule has 1 N–H and O–H groups in total. The molecule has 0 aliphatic carbocycles. The van der Waals surface area contributed by atoms with E-state index in [0.717, 1.165) is 5.56 Å². The van der Waals surface area contributed by atoms with Crippen molar-refractivity contribution < 1.29 is 14.3 Å². The van der Waals surface area contributed by atoms with E-state index in [1.807, 2.05) is 24.3 Å². The minimum absolute atomic E-state index is 0. The van der Waals surface area contributed by atoms with Crippen LogP contribution in [0.25, 0.3) is 0 Å².